The van der Waals surface area contributed by atoms with Crippen LogP contribution < -0.4 is 5.32 Å². The van der Waals surface area contributed by atoms with Crippen molar-refractivity contribution in [3.8, 4) is 0 Å². The van der Waals surface area contributed by atoms with Crippen molar-refractivity contribution in [2.24, 2.45) is 0 Å². The lowest BCUT2D eigenvalue weighted by Crippen LogP contribution is -2.35. The fourth-order valence-electron chi connectivity index (χ4n) is 3.42. The van der Waals surface area contributed by atoms with Crippen LogP contribution in [0.15, 0.2) is 81.3 Å². The number of nitrogens with one attached hydrogen (secondary N) is 1. The van der Waals surface area contributed by atoms with E-state index in [1.165, 1.54) is 0 Å². The van der Waals surface area contributed by atoms with Crippen LogP contribution in [0.4, 0.5) is 0 Å². The normalized spacial score (nSPS) is 19.0. The fourth-order valence-corrected chi connectivity index (χ4v) is 4.55. The molecule has 1 aliphatic rings. The predicted octanol–water partition coefficient (Wildman–Crippen LogP) is 4.36. The molecule has 2 aromatic heterocycles. The van der Waals surface area contributed by atoms with Gasteiger partial charge in [0, 0.05) is 24.2 Å². The van der Waals surface area contributed by atoms with Gasteiger partial charge in [0.05, 0.1) is 11.7 Å². The first-order chi connectivity index (χ1) is 14.1. The molecule has 7 heteroatoms. The number of likely N-dealkylation sites (N-methyl/N-ethyl adjacent to an activating group) is 1. The molecular formula is C22H24N4OS2. The third-order valence-electron chi connectivity index (χ3n) is 4.84. The Labute approximate surface area is 181 Å². The number of rotatable bonds is 7. The van der Waals surface area contributed by atoms with Crippen LogP contribution in [0.5, 0.6) is 0 Å². The topological polar surface area (TPSA) is 44.5 Å². The van der Waals surface area contributed by atoms with E-state index in [1.807, 2.05) is 48.7 Å². The Morgan fingerprint density at radius 3 is 2.62 bits per heavy atom. The van der Waals surface area contributed by atoms with Crippen LogP contribution in [0.1, 0.15) is 23.5 Å². The third kappa shape index (κ3) is 4.63. The molecule has 0 saturated carbocycles. The standard InChI is InChI=1S/C22H24N4OS2/c1-25(2)14-15-26-21(20(24-22(26)28)17-10-6-7-13-23-17)18-11-12-19(27-18)29-16-8-4-3-5-9-16/h3-13,20-21H,14-15H2,1-2H3,(H,24,28)/t20-,21-/m1/s1. The Morgan fingerprint density at radius 2 is 1.90 bits per heavy atom. The molecule has 1 fully saturated rings. The van der Waals surface area contributed by atoms with Gasteiger partial charge in [0.1, 0.15) is 11.8 Å². The predicted molar refractivity (Wildman–Crippen MR) is 120 cm³/mol. The first kappa shape index (κ1) is 19.9. The highest BCUT2D eigenvalue weighted by atomic mass is 32.2. The van der Waals surface area contributed by atoms with E-state index < -0.39 is 0 Å². The van der Waals surface area contributed by atoms with Crippen molar-refractivity contribution in [1.82, 2.24) is 20.1 Å². The Bertz CT molecular complexity index is 946. The Morgan fingerprint density at radius 1 is 1.10 bits per heavy atom. The van der Waals surface area contributed by atoms with Crippen LogP contribution in [0.2, 0.25) is 0 Å². The highest BCUT2D eigenvalue weighted by Gasteiger charge is 2.41. The van der Waals surface area contributed by atoms with Crippen molar-refractivity contribution in [3.05, 3.63) is 78.3 Å². The monoisotopic (exact) mass is 424 g/mol. The number of pyridine rings is 1. The SMILES string of the molecule is CN(C)CCN1C(=S)N[C@H](c2ccccn2)[C@H]1c1ccc(Sc2ccccc2)o1. The summed E-state index contributed by atoms with van der Waals surface area (Å²) in [6.45, 7) is 1.72. The molecule has 0 bridgehead atoms. The molecule has 1 saturated heterocycles. The van der Waals surface area contributed by atoms with Gasteiger partial charge in [-0.2, -0.15) is 0 Å². The van der Waals surface area contributed by atoms with E-state index >= 15 is 0 Å². The molecule has 1 aromatic carbocycles. The van der Waals surface area contributed by atoms with Gasteiger partial charge in [-0.1, -0.05) is 36.0 Å². The molecule has 0 aliphatic carbocycles. The zero-order chi connectivity index (χ0) is 20.2. The second kappa shape index (κ2) is 8.98. The van der Waals surface area contributed by atoms with E-state index in [9.17, 15) is 0 Å². The van der Waals surface area contributed by atoms with Crippen molar-refractivity contribution < 1.29 is 4.42 Å². The van der Waals surface area contributed by atoms with Crippen molar-refractivity contribution in [1.29, 1.82) is 0 Å². The summed E-state index contributed by atoms with van der Waals surface area (Å²) in [5.74, 6) is 0.894. The maximum atomic E-state index is 6.29. The average Bonchev–Trinajstić information content (AvgIpc) is 3.31. The van der Waals surface area contributed by atoms with E-state index in [4.69, 9.17) is 16.6 Å². The summed E-state index contributed by atoms with van der Waals surface area (Å²) in [5, 5.41) is 5.07. The molecular weight excluding hydrogens is 400 g/mol. The zero-order valence-corrected chi connectivity index (χ0v) is 18.1. The lowest BCUT2D eigenvalue weighted by Gasteiger charge is -2.27. The lowest BCUT2D eigenvalue weighted by atomic mass is 10.0. The van der Waals surface area contributed by atoms with E-state index in [0.717, 1.165) is 39.6 Å². The molecule has 1 N–H and O–H groups in total. The van der Waals surface area contributed by atoms with Crippen LogP contribution >= 0.6 is 24.0 Å². The minimum absolute atomic E-state index is 0.0394. The van der Waals surface area contributed by atoms with E-state index in [1.54, 1.807) is 11.8 Å². The molecule has 3 aromatic rings. The first-order valence-electron chi connectivity index (χ1n) is 9.57. The van der Waals surface area contributed by atoms with Gasteiger partial charge >= 0.3 is 0 Å². The van der Waals surface area contributed by atoms with Gasteiger partial charge in [0.15, 0.2) is 10.2 Å². The minimum Gasteiger partial charge on any atom is -0.452 e. The van der Waals surface area contributed by atoms with Gasteiger partial charge in [0.2, 0.25) is 0 Å². The molecule has 1 aliphatic heterocycles. The molecule has 2 atom stereocenters. The molecule has 5 nitrogen and oxygen atoms in total. The second-order valence-electron chi connectivity index (χ2n) is 7.20. The molecule has 150 valence electrons. The maximum absolute atomic E-state index is 6.29. The summed E-state index contributed by atoms with van der Waals surface area (Å²) in [6.07, 6.45) is 1.82. The van der Waals surface area contributed by atoms with Crippen LogP contribution in [-0.4, -0.2) is 47.1 Å². The minimum atomic E-state index is -0.0495. The molecule has 0 radical (unpaired) electrons. The maximum Gasteiger partial charge on any atom is 0.170 e. The van der Waals surface area contributed by atoms with Crippen molar-refractivity contribution in [2.45, 2.75) is 22.1 Å². The summed E-state index contributed by atoms with van der Waals surface area (Å²) >= 11 is 7.30. The lowest BCUT2D eigenvalue weighted by molar-refractivity contribution is 0.239. The van der Waals surface area contributed by atoms with E-state index in [0.29, 0.717) is 0 Å². The third-order valence-corrected chi connectivity index (χ3v) is 6.12. The second-order valence-corrected chi connectivity index (χ2v) is 8.66. The van der Waals surface area contributed by atoms with Gasteiger partial charge in [-0.15, -0.1) is 0 Å². The van der Waals surface area contributed by atoms with Crippen LogP contribution in [0, 0.1) is 0 Å². The smallest absolute Gasteiger partial charge is 0.170 e. The fraction of sp³-hybridized carbons (Fsp3) is 0.273. The van der Waals surface area contributed by atoms with Crippen LogP contribution in [-0.2, 0) is 0 Å². The number of benzene rings is 1. The molecule has 0 spiro atoms. The largest absolute Gasteiger partial charge is 0.452 e. The highest BCUT2D eigenvalue weighted by molar-refractivity contribution is 7.99. The molecule has 29 heavy (non-hydrogen) atoms. The van der Waals surface area contributed by atoms with Gasteiger partial charge in [0.25, 0.3) is 0 Å². The molecule has 0 unspecified atom stereocenters. The number of aromatic nitrogens is 1. The Balaban J connectivity index is 1.63. The van der Waals surface area contributed by atoms with E-state index in [2.05, 4.69) is 52.4 Å². The summed E-state index contributed by atoms with van der Waals surface area (Å²) in [7, 11) is 4.14. The first-order valence-corrected chi connectivity index (χ1v) is 10.8. The molecule has 0 amide bonds. The van der Waals surface area contributed by atoms with Gasteiger partial charge in [-0.3, -0.25) is 4.98 Å². The number of nitrogens with zero attached hydrogens (tertiary/aromatic N) is 3. The number of thiocarbonyl (C=S) groups is 1. The van der Waals surface area contributed by atoms with Crippen molar-refractivity contribution in [2.75, 3.05) is 27.2 Å². The summed E-state index contributed by atoms with van der Waals surface area (Å²) < 4.78 is 6.29. The zero-order valence-electron chi connectivity index (χ0n) is 16.5. The number of hydrogen-bond acceptors (Lipinski definition) is 5. The van der Waals surface area contributed by atoms with Crippen molar-refractivity contribution in [3.63, 3.8) is 0 Å². The average molecular weight is 425 g/mol. The summed E-state index contributed by atoms with van der Waals surface area (Å²) in [5.41, 5.74) is 0.959. The number of furan rings is 1. The summed E-state index contributed by atoms with van der Waals surface area (Å²) in [6, 6.07) is 20.2. The Hall–Kier alpha value is -2.35. The highest BCUT2D eigenvalue weighted by Crippen LogP contribution is 2.40. The van der Waals surface area contributed by atoms with E-state index in [-0.39, 0.29) is 12.1 Å². The quantitative estimate of drug-likeness (QED) is 0.565. The van der Waals surface area contributed by atoms with Gasteiger partial charge in [-0.05, 0) is 62.7 Å². The summed E-state index contributed by atoms with van der Waals surface area (Å²) in [4.78, 5) is 10.1. The van der Waals surface area contributed by atoms with Gasteiger partial charge < -0.3 is 19.5 Å². The molecule has 4 rings (SSSR count). The van der Waals surface area contributed by atoms with Crippen molar-refractivity contribution >= 4 is 29.1 Å². The van der Waals surface area contributed by atoms with Crippen LogP contribution in [0.3, 0.4) is 0 Å². The number of hydrogen-bond donors (Lipinski definition) is 1. The molecule has 3 heterocycles. The van der Waals surface area contributed by atoms with Crippen LogP contribution in [0.25, 0.3) is 0 Å². The Kier molecular flexibility index (Phi) is 6.18. The van der Waals surface area contributed by atoms with Gasteiger partial charge in [-0.25, -0.2) is 0 Å².